The van der Waals surface area contributed by atoms with Crippen LogP contribution in [0.3, 0.4) is 0 Å². The van der Waals surface area contributed by atoms with E-state index in [2.05, 4.69) is 21.5 Å². The van der Waals surface area contributed by atoms with Crippen LogP contribution < -0.4 is 5.73 Å². The summed E-state index contributed by atoms with van der Waals surface area (Å²) < 4.78 is 2.14. The molecule has 0 aliphatic heterocycles. The molecular formula is C15H20N4. The van der Waals surface area contributed by atoms with Crippen molar-refractivity contribution in [3.05, 3.63) is 17.8 Å². The molecule has 19 heavy (non-hydrogen) atoms. The molecule has 0 bridgehead atoms. The Balaban J connectivity index is 1.73. The van der Waals surface area contributed by atoms with Crippen LogP contribution in [0.25, 0.3) is 11.2 Å². The molecule has 0 unspecified atom stereocenters. The van der Waals surface area contributed by atoms with E-state index < -0.39 is 0 Å². The summed E-state index contributed by atoms with van der Waals surface area (Å²) in [5.41, 5.74) is 9.21. The van der Waals surface area contributed by atoms with Crippen LogP contribution >= 0.6 is 0 Å². The Bertz CT molecular complexity index is 610. The summed E-state index contributed by atoms with van der Waals surface area (Å²) in [6.45, 7) is 3.08. The number of hydrogen-bond donors (Lipinski definition) is 1. The molecule has 0 spiro atoms. The van der Waals surface area contributed by atoms with Crippen molar-refractivity contribution in [1.29, 1.82) is 0 Å². The lowest BCUT2D eigenvalue weighted by Crippen LogP contribution is -2.16. The van der Waals surface area contributed by atoms with Gasteiger partial charge >= 0.3 is 0 Å². The summed E-state index contributed by atoms with van der Waals surface area (Å²) >= 11 is 0. The summed E-state index contributed by atoms with van der Waals surface area (Å²) in [5.74, 6) is 3.27. The molecule has 0 radical (unpaired) electrons. The first-order valence-corrected chi connectivity index (χ1v) is 7.31. The van der Waals surface area contributed by atoms with Gasteiger partial charge in [0.25, 0.3) is 0 Å². The average Bonchev–Trinajstić information content (AvgIpc) is 3.26. The zero-order chi connectivity index (χ0) is 13.0. The molecule has 2 aliphatic rings. The summed E-state index contributed by atoms with van der Waals surface area (Å²) in [6, 6.07) is 2.00. The van der Waals surface area contributed by atoms with E-state index in [0.29, 0.717) is 5.95 Å². The average molecular weight is 256 g/mol. The molecule has 2 aromatic rings. The Kier molecular flexibility index (Phi) is 2.34. The van der Waals surface area contributed by atoms with Gasteiger partial charge in [0.1, 0.15) is 5.52 Å². The first-order chi connectivity index (χ1) is 9.24. The third-order valence-electron chi connectivity index (χ3n) is 4.71. The summed E-state index contributed by atoms with van der Waals surface area (Å²) in [4.78, 5) is 9.00. The van der Waals surface area contributed by atoms with Gasteiger partial charge in [-0.25, -0.2) is 9.97 Å². The van der Waals surface area contributed by atoms with Crippen LogP contribution in [-0.4, -0.2) is 14.5 Å². The zero-order valence-electron chi connectivity index (χ0n) is 11.3. The number of nitrogen functional groups attached to an aromatic ring is 1. The lowest BCUT2D eigenvalue weighted by atomic mass is 9.98. The molecule has 0 amide bonds. The standard InChI is InChI=1S/C15H20N4/c1-9-6-7-17-14-13(9)18-15(16)19(14)8-12(10-2-3-10)11-4-5-11/h6-7,10-12H,2-5,8H2,1H3,(H2,16,18). The summed E-state index contributed by atoms with van der Waals surface area (Å²) in [6.07, 6.45) is 7.47. The minimum Gasteiger partial charge on any atom is -0.369 e. The number of hydrogen-bond acceptors (Lipinski definition) is 3. The lowest BCUT2D eigenvalue weighted by Gasteiger charge is -2.17. The number of pyridine rings is 1. The van der Waals surface area contributed by atoms with E-state index in [1.54, 1.807) is 0 Å². The normalized spacial score (nSPS) is 19.5. The molecule has 0 aromatic carbocycles. The van der Waals surface area contributed by atoms with Gasteiger partial charge in [-0.2, -0.15) is 0 Å². The smallest absolute Gasteiger partial charge is 0.202 e. The number of anilines is 1. The molecule has 2 heterocycles. The molecule has 2 aliphatic carbocycles. The maximum atomic E-state index is 6.12. The van der Waals surface area contributed by atoms with Gasteiger partial charge in [0.05, 0.1) is 0 Å². The first-order valence-electron chi connectivity index (χ1n) is 7.31. The molecule has 0 saturated heterocycles. The van der Waals surface area contributed by atoms with E-state index in [1.807, 2.05) is 12.3 Å². The molecule has 4 heteroatoms. The van der Waals surface area contributed by atoms with Crippen LogP contribution in [0.2, 0.25) is 0 Å². The van der Waals surface area contributed by atoms with Gasteiger partial charge in [-0.1, -0.05) is 0 Å². The fourth-order valence-corrected chi connectivity index (χ4v) is 3.28. The number of nitrogens with zero attached hydrogens (tertiary/aromatic N) is 3. The Hall–Kier alpha value is -1.58. The number of aryl methyl sites for hydroxylation is 1. The zero-order valence-corrected chi connectivity index (χ0v) is 11.3. The van der Waals surface area contributed by atoms with E-state index >= 15 is 0 Å². The van der Waals surface area contributed by atoms with Crippen LogP contribution in [-0.2, 0) is 6.54 Å². The molecule has 2 aromatic heterocycles. The molecule has 2 fully saturated rings. The number of aromatic nitrogens is 3. The predicted octanol–water partition coefficient (Wildman–Crippen LogP) is 2.76. The van der Waals surface area contributed by atoms with Gasteiger partial charge in [0.2, 0.25) is 5.95 Å². The number of imidazole rings is 1. The van der Waals surface area contributed by atoms with E-state index in [-0.39, 0.29) is 0 Å². The largest absolute Gasteiger partial charge is 0.369 e. The fraction of sp³-hybridized carbons (Fsp3) is 0.600. The Labute approximate surface area is 113 Å². The summed E-state index contributed by atoms with van der Waals surface area (Å²) in [5, 5.41) is 0. The predicted molar refractivity (Wildman–Crippen MR) is 75.6 cm³/mol. The van der Waals surface area contributed by atoms with Gasteiger partial charge in [-0.05, 0) is 62.0 Å². The van der Waals surface area contributed by atoms with Crippen molar-refractivity contribution in [3.63, 3.8) is 0 Å². The Morgan fingerprint density at radius 3 is 2.63 bits per heavy atom. The van der Waals surface area contributed by atoms with Crippen molar-refractivity contribution in [2.45, 2.75) is 39.2 Å². The lowest BCUT2D eigenvalue weighted by molar-refractivity contribution is 0.354. The number of rotatable bonds is 4. The maximum Gasteiger partial charge on any atom is 0.202 e. The molecule has 2 N–H and O–H groups in total. The van der Waals surface area contributed by atoms with Crippen LogP contribution in [0, 0.1) is 24.7 Å². The third kappa shape index (κ3) is 1.90. The minimum absolute atomic E-state index is 0.628. The van der Waals surface area contributed by atoms with Gasteiger partial charge in [-0.3, -0.25) is 4.57 Å². The van der Waals surface area contributed by atoms with Crippen molar-refractivity contribution in [1.82, 2.24) is 14.5 Å². The molecule has 0 atom stereocenters. The van der Waals surface area contributed by atoms with Crippen LogP contribution in [0.1, 0.15) is 31.2 Å². The quantitative estimate of drug-likeness (QED) is 0.915. The van der Waals surface area contributed by atoms with Crippen molar-refractivity contribution >= 4 is 17.1 Å². The van der Waals surface area contributed by atoms with Crippen molar-refractivity contribution in [2.75, 3.05) is 5.73 Å². The molecule has 2 saturated carbocycles. The van der Waals surface area contributed by atoms with Gasteiger partial charge < -0.3 is 5.73 Å². The second-order valence-corrected chi connectivity index (χ2v) is 6.22. The highest BCUT2D eigenvalue weighted by Gasteiger charge is 2.41. The minimum atomic E-state index is 0.628. The third-order valence-corrected chi connectivity index (χ3v) is 4.71. The molecule has 4 nitrogen and oxygen atoms in total. The molecule has 4 rings (SSSR count). The van der Waals surface area contributed by atoms with Crippen molar-refractivity contribution < 1.29 is 0 Å². The highest BCUT2D eigenvalue weighted by molar-refractivity contribution is 5.77. The van der Waals surface area contributed by atoms with Crippen LogP contribution in [0.5, 0.6) is 0 Å². The number of nitrogens with two attached hydrogens (primary N) is 1. The highest BCUT2D eigenvalue weighted by Crippen LogP contribution is 2.50. The van der Waals surface area contributed by atoms with E-state index in [0.717, 1.165) is 41.0 Å². The molecular weight excluding hydrogens is 236 g/mol. The van der Waals surface area contributed by atoms with Crippen molar-refractivity contribution in [3.8, 4) is 0 Å². The van der Waals surface area contributed by atoms with Gasteiger partial charge in [0.15, 0.2) is 5.65 Å². The fourth-order valence-electron chi connectivity index (χ4n) is 3.28. The second kappa shape index (κ2) is 3.95. The Morgan fingerprint density at radius 1 is 1.32 bits per heavy atom. The van der Waals surface area contributed by atoms with Gasteiger partial charge in [-0.15, -0.1) is 0 Å². The monoisotopic (exact) mass is 256 g/mol. The van der Waals surface area contributed by atoms with E-state index in [4.69, 9.17) is 5.73 Å². The summed E-state index contributed by atoms with van der Waals surface area (Å²) in [7, 11) is 0. The molecule has 100 valence electrons. The van der Waals surface area contributed by atoms with Crippen LogP contribution in [0.4, 0.5) is 5.95 Å². The Morgan fingerprint density at radius 2 is 2.00 bits per heavy atom. The van der Waals surface area contributed by atoms with Gasteiger partial charge in [0, 0.05) is 12.7 Å². The SMILES string of the molecule is Cc1ccnc2c1nc(N)n2CC(C1CC1)C1CC1. The van der Waals surface area contributed by atoms with Crippen LogP contribution in [0.15, 0.2) is 12.3 Å². The number of fused-ring (bicyclic) bond motifs is 1. The topological polar surface area (TPSA) is 56.7 Å². The second-order valence-electron chi connectivity index (χ2n) is 6.22. The van der Waals surface area contributed by atoms with E-state index in [1.165, 1.54) is 25.7 Å². The first kappa shape index (κ1) is 11.3. The maximum absolute atomic E-state index is 6.12. The van der Waals surface area contributed by atoms with Crippen molar-refractivity contribution in [2.24, 2.45) is 17.8 Å². The van der Waals surface area contributed by atoms with E-state index in [9.17, 15) is 0 Å². The highest BCUT2D eigenvalue weighted by atomic mass is 15.2.